The van der Waals surface area contributed by atoms with Crippen molar-refractivity contribution in [2.45, 2.75) is 25.5 Å². The molecule has 0 aliphatic carbocycles. The van der Waals surface area contributed by atoms with Crippen LogP contribution in [0.25, 0.3) is 0 Å². The number of rotatable bonds is 4. The van der Waals surface area contributed by atoms with E-state index in [4.69, 9.17) is 4.74 Å². The number of nitrogens with one attached hydrogen (secondary N) is 2. The van der Waals surface area contributed by atoms with Crippen LogP contribution in [0.15, 0.2) is 54.9 Å². The fourth-order valence-corrected chi connectivity index (χ4v) is 3.78. The smallest absolute Gasteiger partial charge is 0.281 e. The summed E-state index contributed by atoms with van der Waals surface area (Å²) in [7, 11) is 0. The normalized spacial score (nSPS) is 18.4. The molecule has 0 saturated carbocycles. The molecule has 3 heterocycles. The molecule has 0 unspecified atom stereocenters. The lowest BCUT2D eigenvalue weighted by atomic mass is 10.1. The van der Waals surface area contributed by atoms with Crippen molar-refractivity contribution in [1.29, 1.82) is 0 Å². The van der Waals surface area contributed by atoms with Crippen LogP contribution in [-0.2, 0) is 11.2 Å². The van der Waals surface area contributed by atoms with Crippen molar-refractivity contribution in [1.82, 2.24) is 15.3 Å². The average Bonchev–Trinajstić information content (AvgIpc) is 3.12. The van der Waals surface area contributed by atoms with Crippen molar-refractivity contribution in [3.63, 3.8) is 0 Å². The minimum absolute atomic E-state index is 0.311. The van der Waals surface area contributed by atoms with Crippen LogP contribution in [0.3, 0.4) is 0 Å². The number of hydrogen-bond donors (Lipinski definition) is 2. The largest absolute Gasteiger partial charge is 0.484 e. The monoisotopic (exact) mass is 394 g/mol. The lowest BCUT2D eigenvalue weighted by Gasteiger charge is -2.20. The highest BCUT2D eigenvalue weighted by Gasteiger charge is 2.33. The molecule has 2 aromatic heterocycles. The third-order valence-electron chi connectivity index (χ3n) is 4.33. The van der Waals surface area contributed by atoms with Gasteiger partial charge in [-0.2, -0.15) is 0 Å². The Bertz CT molecular complexity index is 1010. The highest BCUT2D eigenvalue weighted by molar-refractivity contribution is 7.13. The summed E-state index contributed by atoms with van der Waals surface area (Å²) in [6.45, 7) is 1.73. The first-order chi connectivity index (χ1) is 13.6. The Hall–Kier alpha value is -3.26. The van der Waals surface area contributed by atoms with Gasteiger partial charge in [0.05, 0.1) is 0 Å². The Morgan fingerprint density at radius 2 is 2.04 bits per heavy atom. The first kappa shape index (κ1) is 18.1. The standard InChI is InChI=1S/C20H18N4O3S/c1-12-16(18(25)24-17-15(27-12)8-5-9-21-17)23-19(26)20-22-11-14(28-20)10-13-6-3-2-4-7-13/h2-9,11-12,16H,10H2,1H3,(H,23,26)(H,21,24,25)/t12-,16+/m1/s1. The maximum absolute atomic E-state index is 12.6. The molecule has 0 bridgehead atoms. The van der Waals surface area contributed by atoms with Gasteiger partial charge >= 0.3 is 0 Å². The van der Waals surface area contributed by atoms with Crippen molar-refractivity contribution < 1.29 is 14.3 Å². The molecule has 7 nitrogen and oxygen atoms in total. The molecule has 2 atom stereocenters. The summed E-state index contributed by atoms with van der Waals surface area (Å²) < 4.78 is 5.78. The molecule has 2 N–H and O–H groups in total. The van der Waals surface area contributed by atoms with Crippen LogP contribution in [-0.4, -0.2) is 33.9 Å². The van der Waals surface area contributed by atoms with Gasteiger partial charge in [0.2, 0.25) is 0 Å². The molecular weight excluding hydrogens is 376 g/mol. The predicted octanol–water partition coefficient (Wildman–Crippen LogP) is 2.65. The Morgan fingerprint density at radius 3 is 2.86 bits per heavy atom. The van der Waals surface area contributed by atoms with Gasteiger partial charge in [0.25, 0.3) is 11.8 Å². The van der Waals surface area contributed by atoms with Gasteiger partial charge in [0, 0.05) is 23.7 Å². The van der Waals surface area contributed by atoms with E-state index in [2.05, 4.69) is 20.6 Å². The quantitative estimate of drug-likeness (QED) is 0.710. The molecule has 1 aliphatic rings. The highest BCUT2D eigenvalue weighted by Crippen LogP contribution is 2.26. The maximum Gasteiger partial charge on any atom is 0.281 e. The predicted molar refractivity (Wildman–Crippen MR) is 106 cm³/mol. The van der Waals surface area contributed by atoms with Crippen LogP contribution >= 0.6 is 11.3 Å². The number of nitrogens with zero attached hydrogens (tertiary/aromatic N) is 2. The minimum atomic E-state index is -0.858. The van der Waals surface area contributed by atoms with E-state index >= 15 is 0 Å². The Kier molecular flexibility index (Phi) is 5.03. The molecule has 2 amide bonds. The summed E-state index contributed by atoms with van der Waals surface area (Å²) >= 11 is 1.31. The molecule has 28 heavy (non-hydrogen) atoms. The number of anilines is 1. The van der Waals surface area contributed by atoms with E-state index in [-0.39, 0.29) is 5.91 Å². The molecule has 0 spiro atoms. The Morgan fingerprint density at radius 1 is 1.21 bits per heavy atom. The fraction of sp³-hybridized carbons (Fsp3) is 0.200. The molecule has 1 aliphatic heterocycles. The molecule has 0 saturated heterocycles. The summed E-state index contributed by atoms with van der Waals surface area (Å²) in [5.74, 6) is 0.0354. The van der Waals surface area contributed by atoms with E-state index in [1.54, 1.807) is 31.5 Å². The third kappa shape index (κ3) is 3.86. The number of aromatic nitrogens is 2. The van der Waals surface area contributed by atoms with Gasteiger partial charge in [-0.05, 0) is 24.6 Å². The van der Waals surface area contributed by atoms with Gasteiger partial charge in [-0.1, -0.05) is 30.3 Å². The molecule has 8 heteroatoms. The van der Waals surface area contributed by atoms with E-state index in [0.29, 0.717) is 23.0 Å². The second-order valence-corrected chi connectivity index (χ2v) is 7.52. The van der Waals surface area contributed by atoms with Crippen LogP contribution in [0.4, 0.5) is 5.82 Å². The average molecular weight is 394 g/mol. The van der Waals surface area contributed by atoms with Gasteiger partial charge in [-0.25, -0.2) is 9.97 Å². The summed E-state index contributed by atoms with van der Waals surface area (Å²) in [5.41, 5.74) is 1.15. The van der Waals surface area contributed by atoms with Crippen molar-refractivity contribution in [3.8, 4) is 5.75 Å². The molecule has 0 fully saturated rings. The summed E-state index contributed by atoms with van der Waals surface area (Å²) in [4.78, 5) is 34.5. The minimum Gasteiger partial charge on any atom is -0.484 e. The van der Waals surface area contributed by atoms with Crippen molar-refractivity contribution in [2.24, 2.45) is 0 Å². The van der Waals surface area contributed by atoms with Crippen molar-refractivity contribution >= 4 is 29.0 Å². The van der Waals surface area contributed by atoms with Gasteiger partial charge < -0.3 is 15.4 Å². The highest BCUT2D eigenvalue weighted by atomic mass is 32.1. The zero-order valence-electron chi connectivity index (χ0n) is 15.1. The molecule has 0 radical (unpaired) electrons. The molecular formula is C20H18N4O3S. The third-order valence-corrected chi connectivity index (χ3v) is 5.33. The van der Waals surface area contributed by atoms with Crippen LogP contribution in [0.5, 0.6) is 5.75 Å². The van der Waals surface area contributed by atoms with Gasteiger partial charge in [-0.15, -0.1) is 11.3 Å². The number of carbonyl (C=O) groups excluding carboxylic acids is 2. The number of pyridine rings is 1. The molecule has 3 aromatic rings. The first-order valence-electron chi connectivity index (χ1n) is 8.82. The van der Waals surface area contributed by atoms with Gasteiger partial charge in [0.1, 0.15) is 12.1 Å². The van der Waals surface area contributed by atoms with E-state index in [9.17, 15) is 9.59 Å². The van der Waals surface area contributed by atoms with Gasteiger partial charge in [0.15, 0.2) is 16.6 Å². The number of hydrogen-bond acceptors (Lipinski definition) is 6. The van der Waals surface area contributed by atoms with Gasteiger partial charge in [-0.3, -0.25) is 9.59 Å². The Labute approximate surface area is 165 Å². The van der Waals surface area contributed by atoms with Crippen LogP contribution in [0.1, 0.15) is 27.2 Å². The van der Waals surface area contributed by atoms with E-state index < -0.39 is 18.1 Å². The fourth-order valence-electron chi connectivity index (χ4n) is 2.93. The van der Waals surface area contributed by atoms with E-state index in [0.717, 1.165) is 10.4 Å². The lowest BCUT2D eigenvalue weighted by molar-refractivity contribution is -0.119. The summed E-state index contributed by atoms with van der Waals surface area (Å²) in [6.07, 6.45) is 3.41. The Balaban J connectivity index is 1.45. The van der Waals surface area contributed by atoms with E-state index in [1.807, 2.05) is 30.3 Å². The zero-order valence-corrected chi connectivity index (χ0v) is 15.9. The second kappa shape index (κ2) is 7.77. The number of carbonyl (C=O) groups is 2. The van der Waals surface area contributed by atoms with Crippen molar-refractivity contribution in [3.05, 3.63) is 70.3 Å². The zero-order chi connectivity index (χ0) is 19.5. The summed E-state index contributed by atoms with van der Waals surface area (Å²) in [5, 5.41) is 5.73. The number of ether oxygens (including phenoxy) is 1. The molecule has 4 rings (SSSR count). The number of thiazole rings is 1. The van der Waals surface area contributed by atoms with E-state index in [1.165, 1.54) is 11.3 Å². The van der Waals surface area contributed by atoms with Crippen LogP contribution in [0, 0.1) is 0 Å². The number of fused-ring (bicyclic) bond motifs is 1. The molecule has 1 aromatic carbocycles. The van der Waals surface area contributed by atoms with Crippen LogP contribution in [0.2, 0.25) is 0 Å². The van der Waals surface area contributed by atoms with Crippen molar-refractivity contribution in [2.75, 3.05) is 5.32 Å². The maximum atomic E-state index is 12.6. The summed E-state index contributed by atoms with van der Waals surface area (Å²) in [6, 6.07) is 12.6. The number of benzene rings is 1. The first-order valence-corrected chi connectivity index (χ1v) is 9.64. The topological polar surface area (TPSA) is 93.2 Å². The lowest BCUT2D eigenvalue weighted by Crippen LogP contribution is -2.50. The number of amides is 2. The second-order valence-electron chi connectivity index (χ2n) is 6.41. The SMILES string of the molecule is C[C@H]1Oc2cccnc2NC(=O)[C@H]1NC(=O)c1ncc(Cc2ccccc2)s1. The van der Waals surface area contributed by atoms with Crippen LogP contribution < -0.4 is 15.4 Å². The molecule has 142 valence electrons.